The Balaban J connectivity index is 1.64. The van der Waals surface area contributed by atoms with Gasteiger partial charge in [-0.2, -0.15) is 0 Å². The van der Waals surface area contributed by atoms with Gasteiger partial charge in [0.2, 0.25) is 5.91 Å². The lowest BCUT2D eigenvalue weighted by Crippen LogP contribution is -2.23. The fourth-order valence-electron chi connectivity index (χ4n) is 3.68. The number of benzene rings is 2. The van der Waals surface area contributed by atoms with Crippen LogP contribution in [0.15, 0.2) is 70.9 Å². The summed E-state index contributed by atoms with van der Waals surface area (Å²) in [4.78, 5) is 15.5. The topological polar surface area (TPSA) is 87.7 Å². The van der Waals surface area contributed by atoms with Crippen LogP contribution in [-0.2, 0) is 14.8 Å². The first-order valence-electron chi connectivity index (χ1n) is 10.5. The average molecular weight is 484 g/mol. The van der Waals surface area contributed by atoms with Crippen molar-refractivity contribution in [3.05, 3.63) is 70.9 Å². The molecule has 0 bridgehead atoms. The number of hydrogen-bond donors (Lipinski definition) is 2. The predicted molar refractivity (Wildman–Crippen MR) is 134 cm³/mol. The second-order valence-electron chi connectivity index (χ2n) is 7.52. The summed E-state index contributed by atoms with van der Waals surface area (Å²) in [5.41, 5.74) is 1.36. The van der Waals surface area contributed by atoms with Crippen molar-refractivity contribution >= 4 is 50.4 Å². The molecule has 9 heteroatoms. The maximum Gasteiger partial charge on any atom is 0.264 e. The summed E-state index contributed by atoms with van der Waals surface area (Å²) in [6.45, 7) is 1.57. The molecule has 1 aliphatic rings. The van der Waals surface area contributed by atoms with Gasteiger partial charge in [0.15, 0.2) is 0 Å². The molecule has 33 heavy (non-hydrogen) atoms. The van der Waals surface area contributed by atoms with E-state index in [0.29, 0.717) is 22.8 Å². The van der Waals surface area contributed by atoms with Gasteiger partial charge < -0.3 is 15.0 Å². The zero-order valence-corrected chi connectivity index (χ0v) is 19.8. The van der Waals surface area contributed by atoms with E-state index in [9.17, 15) is 13.2 Å². The van der Waals surface area contributed by atoms with E-state index >= 15 is 0 Å². The van der Waals surface area contributed by atoms with Gasteiger partial charge >= 0.3 is 0 Å². The number of carbonyl (C=O) groups excluding carboxylic acids is 1. The van der Waals surface area contributed by atoms with Crippen LogP contribution in [0.4, 0.5) is 17.1 Å². The quantitative estimate of drug-likeness (QED) is 0.449. The molecule has 172 valence electrons. The van der Waals surface area contributed by atoms with Crippen LogP contribution in [-0.4, -0.2) is 34.5 Å². The molecule has 3 aromatic rings. The highest BCUT2D eigenvalue weighted by Crippen LogP contribution is 2.34. The van der Waals surface area contributed by atoms with E-state index in [1.165, 1.54) is 30.6 Å². The summed E-state index contributed by atoms with van der Waals surface area (Å²) >= 11 is 1.53. The Kier molecular flexibility index (Phi) is 7.00. The van der Waals surface area contributed by atoms with E-state index in [0.717, 1.165) is 30.8 Å². The van der Waals surface area contributed by atoms with Gasteiger partial charge in [-0.1, -0.05) is 18.2 Å². The monoisotopic (exact) mass is 483 g/mol. The van der Waals surface area contributed by atoms with Crippen molar-refractivity contribution in [1.82, 2.24) is 0 Å². The number of anilines is 3. The molecule has 1 saturated heterocycles. The third-order valence-electron chi connectivity index (χ3n) is 5.26. The fourth-order valence-corrected chi connectivity index (χ4v) is 5.62. The number of sulfonamides is 1. The standard InChI is InChI=1S/C24H25N3O4S2/c1-31-22-9-3-2-8-20(22)26-33(29,30)23-17-18(10-12-21(23)27-14-4-5-15-27)25-24(28)13-11-19-7-6-16-32-19/h2-3,6-13,16-17,26H,4-5,14-15H2,1H3,(H,25,28)/b13-11+. The van der Waals surface area contributed by atoms with Gasteiger partial charge in [0, 0.05) is 29.7 Å². The molecule has 1 aliphatic heterocycles. The molecule has 1 fully saturated rings. The number of rotatable bonds is 8. The molecule has 1 aromatic heterocycles. The van der Waals surface area contributed by atoms with Crippen molar-refractivity contribution in [2.24, 2.45) is 0 Å². The van der Waals surface area contributed by atoms with Gasteiger partial charge in [-0.3, -0.25) is 9.52 Å². The highest BCUT2D eigenvalue weighted by Gasteiger charge is 2.25. The number of carbonyl (C=O) groups is 1. The number of amides is 1. The average Bonchev–Trinajstić information content (AvgIpc) is 3.52. The smallest absolute Gasteiger partial charge is 0.264 e. The van der Waals surface area contributed by atoms with Crippen LogP contribution in [0.5, 0.6) is 5.75 Å². The Bertz CT molecular complexity index is 1250. The number of hydrogen-bond acceptors (Lipinski definition) is 6. The normalized spacial score (nSPS) is 13.9. The third-order valence-corrected chi connectivity index (χ3v) is 7.49. The lowest BCUT2D eigenvalue weighted by molar-refractivity contribution is -0.111. The number of ether oxygens (including phenoxy) is 1. The van der Waals surface area contributed by atoms with Gasteiger partial charge in [0.05, 0.1) is 18.5 Å². The predicted octanol–water partition coefficient (Wildman–Crippen LogP) is 4.81. The Labute approximate surface area is 197 Å². The molecule has 0 atom stereocenters. The summed E-state index contributed by atoms with van der Waals surface area (Å²) in [5.74, 6) is 0.0883. The largest absolute Gasteiger partial charge is 0.495 e. The fraction of sp³-hybridized carbons (Fsp3) is 0.208. The van der Waals surface area contributed by atoms with Crippen molar-refractivity contribution in [1.29, 1.82) is 0 Å². The lowest BCUT2D eigenvalue weighted by atomic mass is 10.2. The number of nitrogens with one attached hydrogen (secondary N) is 2. The molecule has 4 rings (SSSR count). The van der Waals surface area contributed by atoms with Crippen LogP contribution in [0, 0.1) is 0 Å². The molecular formula is C24H25N3O4S2. The number of thiophene rings is 1. The number of methoxy groups -OCH3 is 1. The van der Waals surface area contributed by atoms with Crippen molar-refractivity contribution in [3.8, 4) is 5.75 Å². The van der Waals surface area contributed by atoms with Crippen molar-refractivity contribution < 1.29 is 17.9 Å². The van der Waals surface area contributed by atoms with Gasteiger partial charge in [0.25, 0.3) is 10.0 Å². The molecule has 0 spiro atoms. The summed E-state index contributed by atoms with van der Waals surface area (Å²) < 4.78 is 34.8. The Hall–Kier alpha value is -3.30. The van der Waals surface area contributed by atoms with Gasteiger partial charge in [-0.05, 0) is 60.7 Å². The summed E-state index contributed by atoms with van der Waals surface area (Å²) in [6, 6.07) is 15.6. The molecule has 0 aliphatic carbocycles. The molecule has 0 radical (unpaired) electrons. The minimum atomic E-state index is -3.96. The van der Waals surface area contributed by atoms with Crippen LogP contribution < -0.4 is 19.7 Å². The maximum atomic E-state index is 13.4. The first kappa shape index (κ1) is 22.9. The van der Waals surface area contributed by atoms with Gasteiger partial charge in [0.1, 0.15) is 10.6 Å². The summed E-state index contributed by atoms with van der Waals surface area (Å²) in [6.07, 6.45) is 5.16. The van der Waals surface area contributed by atoms with Crippen molar-refractivity contribution in [2.45, 2.75) is 17.7 Å². The molecule has 7 nitrogen and oxygen atoms in total. The van der Waals surface area contributed by atoms with Crippen LogP contribution in [0.2, 0.25) is 0 Å². The molecule has 0 saturated carbocycles. The number of nitrogens with zero attached hydrogens (tertiary/aromatic N) is 1. The minimum absolute atomic E-state index is 0.107. The molecule has 2 N–H and O–H groups in total. The Morgan fingerprint density at radius 2 is 1.88 bits per heavy atom. The zero-order valence-electron chi connectivity index (χ0n) is 18.2. The second-order valence-corrected chi connectivity index (χ2v) is 10.2. The van der Waals surface area contributed by atoms with Crippen LogP contribution in [0.25, 0.3) is 6.08 Å². The molecule has 0 unspecified atom stereocenters. The highest BCUT2D eigenvalue weighted by molar-refractivity contribution is 7.93. The van der Waals surface area contributed by atoms with Crippen LogP contribution >= 0.6 is 11.3 Å². The van der Waals surface area contributed by atoms with Crippen molar-refractivity contribution in [3.63, 3.8) is 0 Å². The highest BCUT2D eigenvalue weighted by atomic mass is 32.2. The SMILES string of the molecule is COc1ccccc1NS(=O)(=O)c1cc(NC(=O)/C=C/c2cccs2)ccc1N1CCCC1. The Morgan fingerprint density at radius 3 is 2.61 bits per heavy atom. The van der Waals surface area contributed by atoms with Gasteiger partial charge in [-0.25, -0.2) is 8.42 Å². The first-order valence-corrected chi connectivity index (χ1v) is 12.9. The van der Waals surface area contributed by atoms with E-state index in [4.69, 9.17) is 4.74 Å². The van der Waals surface area contributed by atoms with Crippen LogP contribution in [0.1, 0.15) is 17.7 Å². The second kappa shape index (κ2) is 10.1. The lowest BCUT2D eigenvalue weighted by Gasteiger charge is -2.22. The molecule has 2 heterocycles. The summed E-state index contributed by atoms with van der Waals surface area (Å²) in [7, 11) is -2.47. The van der Waals surface area contributed by atoms with E-state index in [1.807, 2.05) is 17.5 Å². The Morgan fingerprint density at radius 1 is 1.09 bits per heavy atom. The molecular weight excluding hydrogens is 458 g/mol. The van der Waals surface area contributed by atoms with E-state index in [-0.39, 0.29) is 10.8 Å². The number of para-hydroxylation sites is 2. The van der Waals surface area contributed by atoms with E-state index in [1.54, 1.807) is 42.5 Å². The van der Waals surface area contributed by atoms with E-state index in [2.05, 4.69) is 14.9 Å². The first-order chi connectivity index (χ1) is 16.0. The minimum Gasteiger partial charge on any atom is -0.495 e. The maximum absolute atomic E-state index is 13.4. The summed E-state index contributed by atoms with van der Waals surface area (Å²) in [5, 5.41) is 4.70. The van der Waals surface area contributed by atoms with Gasteiger partial charge in [-0.15, -0.1) is 11.3 Å². The van der Waals surface area contributed by atoms with E-state index < -0.39 is 10.0 Å². The van der Waals surface area contributed by atoms with Crippen molar-refractivity contribution in [2.75, 3.05) is 35.1 Å². The molecule has 1 amide bonds. The van der Waals surface area contributed by atoms with Crippen LogP contribution in [0.3, 0.4) is 0 Å². The molecule has 2 aromatic carbocycles. The zero-order chi connectivity index (χ0) is 23.3. The third kappa shape index (κ3) is 5.55.